The number of aryl methyl sites for hydroxylation is 1. The van der Waals surface area contributed by atoms with E-state index in [0.717, 1.165) is 23.9 Å². The molecular weight excluding hydrogens is 292 g/mol. The first-order chi connectivity index (χ1) is 11.2. The number of anilines is 1. The van der Waals surface area contributed by atoms with Crippen LogP contribution in [0.5, 0.6) is 0 Å². The lowest BCUT2D eigenvalue weighted by Crippen LogP contribution is -2.08. The first kappa shape index (κ1) is 15.0. The first-order valence-electron chi connectivity index (χ1n) is 7.56. The van der Waals surface area contributed by atoms with Crippen molar-refractivity contribution >= 4 is 22.7 Å². The zero-order valence-corrected chi connectivity index (χ0v) is 12.9. The van der Waals surface area contributed by atoms with Gasteiger partial charge in [0.2, 0.25) is 0 Å². The number of aromatic carboxylic acids is 1. The van der Waals surface area contributed by atoms with E-state index in [1.54, 1.807) is 10.9 Å². The third-order valence-corrected chi connectivity index (χ3v) is 3.64. The minimum Gasteiger partial charge on any atom is -0.478 e. The van der Waals surface area contributed by atoms with Gasteiger partial charge in [-0.05, 0) is 12.0 Å². The second-order valence-corrected chi connectivity index (χ2v) is 5.30. The van der Waals surface area contributed by atoms with E-state index in [9.17, 15) is 9.90 Å². The van der Waals surface area contributed by atoms with Gasteiger partial charge in [-0.3, -0.25) is 0 Å². The molecule has 3 rings (SSSR count). The van der Waals surface area contributed by atoms with Gasteiger partial charge in [0.15, 0.2) is 5.65 Å². The van der Waals surface area contributed by atoms with Crippen LogP contribution >= 0.6 is 0 Å². The summed E-state index contributed by atoms with van der Waals surface area (Å²) in [7, 11) is 0. The number of nitrogens with one attached hydrogen (secondary N) is 1. The van der Waals surface area contributed by atoms with Gasteiger partial charge < -0.3 is 10.4 Å². The quantitative estimate of drug-likeness (QED) is 0.731. The van der Waals surface area contributed by atoms with Crippen molar-refractivity contribution in [1.82, 2.24) is 14.8 Å². The third-order valence-electron chi connectivity index (χ3n) is 3.64. The molecular formula is C17H18N4O2. The number of hydrogen-bond acceptors (Lipinski definition) is 4. The number of aromatic nitrogens is 3. The summed E-state index contributed by atoms with van der Waals surface area (Å²) in [6, 6.07) is 9.84. The van der Waals surface area contributed by atoms with Crippen LogP contribution in [0.3, 0.4) is 0 Å². The molecule has 6 nitrogen and oxygen atoms in total. The van der Waals surface area contributed by atoms with Crippen molar-refractivity contribution in [2.24, 2.45) is 0 Å². The lowest BCUT2D eigenvalue weighted by molar-refractivity contribution is 0.0697. The topological polar surface area (TPSA) is 80.0 Å². The molecule has 6 heteroatoms. The van der Waals surface area contributed by atoms with Crippen LogP contribution in [0.4, 0.5) is 5.69 Å². The smallest absolute Gasteiger partial charge is 0.339 e. The minimum atomic E-state index is -1.00. The number of carboxylic acid groups (broad SMARTS) is 1. The Kier molecular flexibility index (Phi) is 4.23. The average molecular weight is 310 g/mol. The Morgan fingerprint density at radius 2 is 2.04 bits per heavy atom. The number of pyridine rings is 1. The summed E-state index contributed by atoms with van der Waals surface area (Å²) in [4.78, 5) is 15.8. The van der Waals surface area contributed by atoms with Crippen LogP contribution in [0.15, 0.2) is 42.7 Å². The molecule has 0 bridgehead atoms. The third kappa shape index (κ3) is 3.01. The minimum absolute atomic E-state index is 0.157. The van der Waals surface area contributed by atoms with Gasteiger partial charge >= 0.3 is 5.97 Å². The molecule has 0 amide bonds. The molecule has 0 spiro atoms. The summed E-state index contributed by atoms with van der Waals surface area (Å²) in [5.74, 6) is -1.00. The highest BCUT2D eigenvalue weighted by Gasteiger charge is 2.17. The molecule has 0 aliphatic heterocycles. The number of hydrogen-bond donors (Lipinski definition) is 2. The molecule has 0 atom stereocenters. The molecule has 2 heterocycles. The Labute approximate surface area is 133 Å². The van der Waals surface area contributed by atoms with Crippen LogP contribution < -0.4 is 5.32 Å². The lowest BCUT2D eigenvalue weighted by atomic mass is 10.1. The van der Waals surface area contributed by atoms with E-state index >= 15 is 0 Å². The summed E-state index contributed by atoms with van der Waals surface area (Å²) >= 11 is 0. The van der Waals surface area contributed by atoms with E-state index in [2.05, 4.69) is 22.3 Å². The second kappa shape index (κ2) is 6.48. The molecule has 0 unspecified atom stereocenters. The van der Waals surface area contributed by atoms with Gasteiger partial charge in [-0.25, -0.2) is 14.5 Å². The van der Waals surface area contributed by atoms with Crippen molar-refractivity contribution in [3.05, 3.63) is 53.9 Å². The van der Waals surface area contributed by atoms with Gasteiger partial charge in [0.05, 0.1) is 17.3 Å². The first-order valence-corrected chi connectivity index (χ1v) is 7.56. The largest absolute Gasteiger partial charge is 0.478 e. The highest BCUT2D eigenvalue weighted by molar-refractivity contribution is 6.03. The van der Waals surface area contributed by atoms with Crippen molar-refractivity contribution in [3.63, 3.8) is 0 Å². The highest BCUT2D eigenvalue weighted by atomic mass is 16.4. The molecule has 3 aromatic rings. The van der Waals surface area contributed by atoms with Crippen molar-refractivity contribution in [2.45, 2.75) is 26.4 Å². The highest BCUT2D eigenvalue weighted by Crippen LogP contribution is 2.26. The van der Waals surface area contributed by atoms with Crippen LogP contribution in [0.25, 0.3) is 11.0 Å². The van der Waals surface area contributed by atoms with Crippen molar-refractivity contribution < 1.29 is 9.90 Å². The SMILES string of the molecule is CCCn1ncc2c(NCc3ccccc3)c(C(=O)O)cnc21. The Morgan fingerprint density at radius 3 is 2.74 bits per heavy atom. The molecule has 0 fully saturated rings. The van der Waals surface area contributed by atoms with Crippen molar-refractivity contribution in [1.29, 1.82) is 0 Å². The number of fused-ring (bicyclic) bond motifs is 1. The summed E-state index contributed by atoms with van der Waals surface area (Å²) in [6.07, 6.45) is 4.01. The average Bonchev–Trinajstić information content (AvgIpc) is 2.97. The fourth-order valence-electron chi connectivity index (χ4n) is 2.54. The molecule has 0 saturated carbocycles. The normalized spacial score (nSPS) is 10.8. The van der Waals surface area contributed by atoms with E-state index in [-0.39, 0.29) is 5.56 Å². The van der Waals surface area contributed by atoms with Gasteiger partial charge in [0.1, 0.15) is 5.56 Å². The fraction of sp³-hybridized carbons (Fsp3) is 0.235. The van der Waals surface area contributed by atoms with Crippen LogP contribution in [0.1, 0.15) is 29.3 Å². The number of carboxylic acids is 1. The summed E-state index contributed by atoms with van der Waals surface area (Å²) in [5, 5.41) is 17.7. The zero-order chi connectivity index (χ0) is 16.2. The Bertz CT molecular complexity index is 827. The van der Waals surface area contributed by atoms with Crippen LogP contribution in [0.2, 0.25) is 0 Å². The lowest BCUT2D eigenvalue weighted by Gasteiger charge is -2.11. The summed E-state index contributed by atoms with van der Waals surface area (Å²) < 4.78 is 1.80. The summed E-state index contributed by atoms with van der Waals surface area (Å²) in [6.45, 7) is 3.36. The Hall–Kier alpha value is -2.89. The molecule has 2 N–H and O–H groups in total. The van der Waals surface area contributed by atoms with E-state index in [1.807, 2.05) is 30.3 Å². The molecule has 1 aromatic carbocycles. The molecule has 2 aromatic heterocycles. The van der Waals surface area contributed by atoms with Gasteiger partial charge in [-0.2, -0.15) is 5.10 Å². The maximum atomic E-state index is 11.5. The maximum Gasteiger partial charge on any atom is 0.339 e. The molecule has 0 radical (unpaired) electrons. The standard InChI is InChI=1S/C17H18N4O2/c1-2-8-21-16-13(11-20-21)15(14(10-19-16)17(22)23)18-9-12-6-4-3-5-7-12/h3-7,10-11H,2,8-9H2,1H3,(H,18,19)(H,22,23). The van der Waals surface area contributed by atoms with Crippen LogP contribution in [-0.4, -0.2) is 25.8 Å². The van der Waals surface area contributed by atoms with Gasteiger partial charge in [-0.1, -0.05) is 37.3 Å². The van der Waals surface area contributed by atoms with Crippen molar-refractivity contribution in [3.8, 4) is 0 Å². The van der Waals surface area contributed by atoms with Crippen LogP contribution in [-0.2, 0) is 13.1 Å². The predicted octanol–water partition coefficient (Wildman–Crippen LogP) is 3.15. The van der Waals surface area contributed by atoms with E-state index in [1.165, 1.54) is 6.20 Å². The van der Waals surface area contributed by atoms with Crippen molar-refractivity contribution in [2.75, 3.05) is 5.32 Å². The predicted molar refractivity (Wildman–Crippen MR) is 88.5 cm³/mol. The molecule has 0 saturated heterocycles. The van der Waals surface area contributed by atoms with Gasteiger partial charge in [0.25, 0.3) is 0 Å². The number of rotatable bonds is 6. The maximum absolute atomic E-state index is 11.5. The number of carbonyl (C=O) groups is 1. The number of nitrogens with zero attached hydrogens (tertiary/aromatic N) is 3. The zero-order valence-electron chi connectivity index (χ0n) is 12.9. The van der Waals surface area contributed by atoms with Gasteiger partial charge in [0, 0.05) is 19.3 Å². The molecule has 23 heavy (non-hydrogen) atoms. The Balaban J connectivity index is 2.01. The molecule has 0 aliphatic rings. The Morgan fingerprint density at radius 1 is 1.26 bits per heavy atom. The number of benzene rings is 1. The van der Waals surface area contributed by atoms with Crippen LogP contribution in [0, 0.1) is 0 Å². The molecule has 118 valence electrons. The molecule has 0 aliphatic carbocycles. The van der Waals surface area contributed by atoms with E-state index in [0.29, 0.717) is 17.9 Å². The monoisotopic (exact) mass is 310 g/mol. The second-order valence-electron chi connectivity index (χ2n) is 5.30. The van der Waals surface area contributed by atoms with Gasteiger partial charge in [-0.15, -0.1) is 0 Å². The fourth-order valence-corrected chi connectivity index (χ4v) is 2.54. The summed E-state index contributed by atoms with van der Waals surface area (Å²) in [5.41, 5.74) is 2.50. The van der Waals surface area contributed by atoms with E-state index < -0.39 is 5.97 Å². The van der Waals surface area contributed by atoms with E-state index in [4.69, 9.17) is 0 Å².